The number of para-hydroxylation sites is 1. The van der Waals surface area contributed by atoms with Crippen molar-refractivity contribution in [3.05, 3.63) is 99.1 Å². The maximum Gasteiger partial charge on any atom is 0.247 e. The summed E-state index contributed by atoms with van der Waals surface area (Å²) in [6.07, 6.45) is 2.41. The van der Waals surface area contributed by atoms with Gasteiger partial charge in [0.25, 0.3) is 0 Å². The maximum absolute atomic E-state index is 13.4. The molecule has 1 N–H and O–H groups in total. The molecular formula is C27H23Cl3N4O. The van der Waals surface area contributed by atoms with E-state index < -0.39 is 0 Å². The van der Waals surface area contributed by atoms with Gasteiger partial charge in [0.15, 0.2) is 0 Å². The maximum atomic E-state index is 13.4. The number of hydrogen-bond acceptors (Lipinski definition) is 3. The third-order valence-electron chi connectivity index (χ3n) is 6.26. The molecule has 8 heteroatoms. The summed E-state index contributed by atoms with van der Waals surface area (Å²) in [5.74, 6) is -0.477. The van der Waals surface area contributed by atoms with E-state index in [4.69, 9.17) is 39.9 Å². The number of nitrogens with zero attached hydrogens (tertiary/aromatic N) is 3. The molecule has 3 aromatic carbocycles. The van der Waals surface area contributed by atoms with Crippen molar-refractivity contribution in [2.75, 3.05) is 12.1 Å². The lowest BCUT2D eigenvalue weighted by molar-refractivity contribution is -0.123. The summed E-state index contributed by atoms with van der Waals surface area (Å²) in [4.78, 5) is 13.4. The third-order valence-corrected chi connectivity index (χ3v) is 7.05. The van der Waals surface area contributed by atoms with Gasteiger partial charge in [-0.25, -0.2) is 4.68 Å². The van der Waals surface area contributed by atoms with Crippen LogP contribution >= 0.6 is 34.8 Å². The molecule has 0 spiro atoms. The monoisotopic (exact) mass is 524 g/mol. The minimum Gasteiger partial charge on any atom is -0.289 e. The number of rotatable bonds is 5. The van der Waals surface area contributed by atoms with E-state index in [0.717, 1.165) is 41.0 Å². The van der Waals surface area contributed by atoms with E-state index in [1.165, 1.54) is 0 Å². The molecular weight excluding hydrogens is 503 g/mol. The molecule has 1 heterocycles. The fourth-order valence-corrected chi connectivity index (χ4v) is 5.17. The number of fused-ring (bicyclic) bond motifs is 1. The predicted octanol–water partition coefficient (Wildman–Crippen LogP) is 7.09. The zero-order valence-corrected chi connectivity index (χ0v) is 21.3. The van der Waals surface area contributed by atoms with Gasteiger partial charge in [0.1, 0.15) is 0 Å². The number of halogens is 3. The highest BCUT2D eigenvalue weighted by molar-refractivity contribution is 6.35. The third kappa shape index (κ3) is 4.76. The average Bonchev–Trinajstić information content (AvgIpc) is 3.24. The molecule has 4 aromatic rings. The van der Waals surface area contributed by atoms with Crippen LogP contribution in [0.25, 0.3) is 16.9 Å². The lowest BCUT2D eigenvalue weighted by Crippen LogP contribution is -2.42. The second-order valence-corrected chi connectivity index (χ2v) is 9.82. The van der Waals surface area contributed by atoms with Crippen LogP contribution in [0.15, 0.2) is 72.8 Å². The molecule has 178 valence electrons. The zero-order chi connectivity index (χ0) is 24.5. The number of hydrazine groups is 1. The summed E-state index contributed by atoms with van der Waals surface area (Å²) in [6, 6.07) is 22.7. The van der Waals surface area contributed by atoms with Crippen molar-refractivity contribution >= 4 is 46.4 Å². The molecule has 1 unspecified atom stereocenters. The minimum atomic E-state index is -0.386. The summed E-state index contributed by atoms with van der Waals surface area (Å²) in [7, 11) is 1.84. The molecule has 0 aliphatic heterocycles. The number of anilines is 1. The molecule has 1 atom stereocenters. The highest BCUT2D eigenvalue weighted by Crippen LogP contribution is 2.40. The molecule has 35 heavy (non-hydrogen) atoms. The smallest absolute Gasteiger partial charge is 0.247 e. The summed E-state index contributed by atoms with van der Waals surface area (Å²) >= 11 is 18.9. The molecule has 1 amide bonds. The largest absolute Gasteiger partial charge is 0.289 e. The van der Waals surface area contributed by atoms with E-state index >= 15 is 0 Å². The first-order valence-electron chi connectivity index (χ1n) is 11.3. The molecule has 1 aliphatic carbocycles. The van der Waals surface area contributed by atoms with Crippen LogP contribution in [0, 0.1) is 0 Å². The van der Waals surface area contributed by atoms with Gasteiger partial charge in [0, 0.05) is 28.2 Å². The summed E-state index contributed by atoms with van der Waals surface area (Å²) in [6.45, 7) is 0. The lowest BCUT2D eigenvalue weighted by Gasteiger charge is -2.26. The van der Waals surface area contributed by atoms with E-state index in [1.807, 2.05) is 72.4 Å². The van der Waals surface area contributed by atoms with Gasteiger partial charge in [0.2, 0.25) is 5.91 Å². The van der Waals surface area contributed by atoms with Crippen molar-refractivity contribution in [3.8, 4) is 16.9 Å². The van der Waals surface area contributed by atoms with E-state index in [-0.39, 0.29) is 11.8 Å². The van der Waals surface area contributed by atoms with Gasteiger partial charge >= 0.3 is 0 Å². The fourth-order valence-electron chi connectivity index (χ4n) is 4.56. The van der Waals surface area contributed by atoms with Crippen LogP contribution in [0.3, 0.4) is 0 Å². The van der Waals surface area contributed by atoms with Crippen LogP contribution in [0.4, 0.5) is 5.69 Å². The SMILES string of the molecule is CN(NC(=O)C1CCCc2c1nn(-c1ccc(Cl)cc1Cl)c2-c1ccc(Cl)cc1)c1ccccc1. The highest BCUT2D eigenvalue weighted by atomic mass is 35.5. The quantitative estimate of drug-likeness (QED) is 0.283. The Hall–Kier alpha value is -2.99. The number of carbonyl (C=O) groups is 1. The number of aromatic nitrogens is 2. The lowest BCUT2D eigenvalue weighted by atomic mass is 9.85. The van der Waals surface area contributed by atoms with Crippen molar-refractivity contribution in [2.45, 2.75) is 25.2 Å². The standard InChI is InChI=1S/C27H23Cl3N4O/c1-33(20-6-3-2-4-7-20)32-27(35)22-9-5-8-21-25(22)31-34(24-15-14-19(29)16-23(24)30)26(21)17-10-12-18(28)13-11-17/h2-4,6-7,10-16,22H,5,8-9H2,1H3,(H,32,35). The molecule has 0 fully saturated rings. The van der Waals surface area contributed by atoms with Gasteiger partial charge in [-0.3, -0.25) is 15.2 Å². The van der Waals surface area contributed by atoms with Crippen LogP contribution in [0.5, 0.6) is 0 Å². The van der Waals surface area contributed by atoms with Crippen molar-refractivity contribution < 1.29 is 4.79 Å². The van der Waals surface area contributed by atoms with Gasteiger partial charge in [-0.05, 0) is 61.7 Å². The normalized spacial score (nSPS) is 14.9. The van der Waals surface area contributed by atoms with E-state index in [1.54, 1.807) is 17.1 Å². The first kappa shape index (κ1) is 23.7. The first-order valence-corrected chi connectivity index (χ1v) is 12.5. The molecule has 1 aromatic heterocycles. The Kier molecular flexibility index (Phi) is 6.74. The molecule has 5 nitrogen and oxygen atoms in total. The number of amides is 1. The zero-order valence-electron chi connectivity index (χ0n) is 19.0. The first-order chi connectivity index (χ1) is 16.9. The van der Waals surface area contributed by atoms with E-state index in [9.17, 15) is 4.79 Å². The summed E-state index contributed by atoms with van der Waals surface area (Å²) in [5.41, 5.74) is 8.32. The number of benzene rings is 3. The van der Waals surface area contributed by atoms with Crippen molar-refractivity contribution in [3.63, 3.8) is 0 Å². The van der Waals surface area contributed by atoms with Crippen LogP contribution < -0.4 is 10.4 Å². The summed E-state index contributed by atoms with van der Waals surface area (Å²) in [5, 5.41) is 8.39. The van der Waals surface area contributed by atoms with E-state index in [2.05, 4.69) is 5.43 Å². The number of hydrogen-bond donors (Lipinski definition) is 1. The Morgan fingerprint density at radius 1 is 1.00 bits per heavy atom. The second kappa shape index (κ2) is 9.94. The van der Waals surface area contributed by atoms with Gasteiger partial charge in [0.05, 0.1) is 33.7 Å². The fraction of sp³-hybridized carbons (Fsp3) is 0.185. The van der Waals surface area contributed by atoms with Crippen molar-refractivity contribution in [1.82, 2.24) is 15.2 Å². The highest BCUT2D eigenvalue weighted by Gasteiger charge is 2.34. The van der Waals surface area contributed by atoms with Gasteiger partial charge in [-0.2, -0.15) is 5.10 Å². The molecule has 0 saturated carbocycles. The number of carbonyl (C=O) groups excluding carboxylic acids is 1. The van der Waals surface area contributed by atoms with Gasteiger partial charge in [-0.1, -0.05) is 65.1 Å². The Labute approximate surface area is 219 Å². The Balaban J connectivity index is 1.58. The predicted molar refractivity (Wildman–Crippen MR) is 143 cm³/mol. The molecule has 0 radical (unpaired) electrons. The molecule has 0 bridgehead atoms. The average molecular weight is 526 g/mol. The Bertz CT molecular complexity index is 1370. The molecule has 0 saturated heterocycles. The van der Waals surface area contributed by atoms with Crippen molar-refractivity contribution in [1.29, 1.82) is 0 Å². The van der Waals surface area contributed by atoms with Crippen LogP contribution in [0.1, 0.15) is 30.0 Å². The topological polar surface area (TPSA) is 50.2 Å². The van der Waals surface area contributed by atoms with Crippen molar-refractivity contribution in [2.24, 2.45) is 0 Å². The number of nitrogens with one attached hydrogen (secondary N) is 1. The van der Waals surface area contributed by atoms with Gasteiger partial charge in [-0.15, -0.1) is 0 Å². The minimum absolute atomic E-state index is 0.0909. The van der Waals surface area contributed by atoms with Crippen LogP contribution in [0.2, 0.25) is 15.1 Å². The van der Waals surface area contributed by atoms with E-state index in [0.29, 0.717) is 27.2 Å². The van der Waals surface area contributed by atoms with Crippen LogP contribution in [-0.4, -0.2) is 22.7 Å². The van der Waals surface area contributed by atoms with Crippen LogP contribution in [-0.2, 0) is 11.2 Å². The molecule has 1 aliphatic rings. The Morgan fingerprint density at radius 3 is 2.43 bits per heavy atom. The van der Waals surface area contributed by atoms with Gasteiger partial charge < -0.3 is 0 Å². The molecule has 5 rings (SSSR count). The second-order valence-electron chi connectivity index (χ2n) is 8.54. The summed E-state index contributed by atoms with van der Waals surface area (Å²) < 4.78 is 1.83. The Morgan fingerprint density at radius 2 is 1.71 bits per heavy atom.